The number of rotatable bonds is 4. The summed E-state index contributed by atoms with van der Waals surface area (Å²) < 4.78 is 0. The zero-order valence-electron chi connectivity index (χ0n) is 12.9. The maximum absolute atomic E-state index is 3.72. The van der Waals surface area contributed by atoms with E-state index in [4.69, 9.17) is 0 Å². The monoisotopic (exact) mass is 270 g/mol. The lowest BCUT2D eigenvalue weighted by molar-refractivity contribution is 0.138. The van der Waals surface area contributed by atoms with Crippen molar-refractivity contribution in [1.82, 2.24) is 10.2 Å². The fraction of sp³-hybridized carbons (Fsp3) is 0.556. The van der Waals surface area contributed by atoms with Gasteiger partial charge in [0, 0.05) is 25.2 Å². The molecule has 0 aromatic heterocycles. The van der Waals surface area contributed by atoms with Gasteiger partial charge in [0.15, 0.2) is 0 Å². The van der Waals surface area contributed by atoms with Crippen molar-refractivity contribution in [3.8, 4) is 11.8 Å². The van der Waals surface area contributed by atoms with E-state index in [1.165, 1.54) is 12.0 Å². The van der Waals surface area contributed by atoms with Gasteiger partial charge >= 0.3 is 0 Å². The number of piperazine rings is 1. The molecule has 2 unspecified atom stereocenters. The van der Waals surface area contributed by atoms with Crippen LogP contribution in [0.15, 0.2) is 30.3 Å². The third kappa shape index (κ3) is 4.10. The van der Waals surface area contributed by atoms with Crippen LogP contribution in [0.2, 0.25) is 0 Å². The van der Waals surface area contributed by atoms with Crippen molar-refractivity contribution in [3.63, 3.8) is 0 Å². The summed E-state index contributed by atoms with van der Waals surface area (Å²) in [6.45, 7) is 9.49. The predicted octanol–water partition coefficient (Wildman–Crippen LogP) is 3.07. The van der Waals surface area contributed by atoms with Crippen LogP contribution in [0.25, 0.3) is 0 Å². The SMILES string of the molecule is CC#CCN1CC(CC(C)C)NCC1c1ccccc1. The largest absolute Gasteiger partial charge is 0.311 e. The highest BCUT2D eigenvalue weighted by Gasteiger charge is 2.28. The standard InChI is InChI=1S/C18H26N2/c1-4-5-11-20-14-17(12-15(2)3)19-13-18(20)16-9-7-6-8-10-16/h6-10,15,17-19H,11-14H2,1-3H3. The van der Waals surface area contributed by atoms with E-state index in [2.05, 4.69) is 66.2 Å². The first-order chi connectivity index (χ1) is 9.70. The van der Waals surface area contributed by atoms with Gasteiger partial charge in [-0.1, -0.05) is 50.1 Å². The third-order valence-electron chi connectivity index (χ3n) is 3.89. The first-order valence-corrected chi connectivity index (χ1v) is 7.62. The molecule has 2 nitrogen and oxygen atoms in total. The van der Waals surface area contributed by atoms with Crippen LogP contribution in [0.5, 0.6) is 0 Å². The summed E-state index contributed by atoms with van der Waals surface area (Å²) in [7, 11) is 0. The average molecular weight is 270 g/mol. The van der Waals surface area contributed by atoms with Crippen molar-refractivity contribution in [2.75, 3.05) is 19.6 Å². The summed E-state index contributed by atoms with van der Waals surface area (Å²) in [5.74, 6) is 7.01. The number of hydrogen-bond donors (Lipinski definition) is 1. The molecule has 1 aromatic rings. The lowest BCUT2D eigenvalue weighted by atomic mass is 9.96. The first-order valence-electron chi connectivity index (χ1n) is 7.62. The second kappa shape index (κ2) is 7.47. The summed E-state index contributed by atoms with van der Waals surface area (Å²) in [6, 6.07) is 11.8. The molecule has 2 rings (SSSR count). The molecule has 1 fully saturated rings. The molecule has 1 N–H and O–H groups in total. The fourth-order valence-corrected chi connectivity index (χ4v) is 2.97. The summed E-state index contributed by atoms with van der Waals surface area (Å²) in [4.78, 5) is 2.52. The molecule has 0 bridgehead atoms. The van der Waals surface area contributed by atoms with Gasteiger partial charge in [0.05, 0.1) is 6.54 Å². The van der Waals surface area contributed by atoms with E-state index in [1.807, 2.05) is 6.92 Å². The van der Waals surface area contributed by atoms with E-state index in [-0.39, 0.29) is 0 Å². The molecule has 1 saturated heterocycles. The van der Waals surface area contributed by atoms with Crippen LogP contribution in [0.4, 0.5) is 0 Å². The second-order valence-electron chi connectivity index (χ2n) is 6.02. The molecule has 1 heterocycles. The first kappa shape index (κ1) is 15.1. The number of nitrogens with zero attached hydrogens (tertiary/aromatic N) is 1. The van der Waals surface area contributed by atoms with Crippen LogP contribution in [-0.2, 0) is 0 Å². The normalized spacial score (nSPS) is 23.4. The van der Waals surface area contributed by atoms with Gasteiger partial charge in [-0.05, 0) is 24.8 Å². The van der Waals surface area contributed by atoms with Crippen molar-refractivity contribution in [3.05, 3.63) is 35.9 Å². The maximum Gasteiger partial charge on any atom is 0.0607 e. The molecule has 2 atom stereocenters. The van der Waals surface area contributed by atoms with Crippen LogP contribution in [-0.4, -0.2) is 30.6 Å². The molecule has 1 aromatic carbocycles. The maximum atomic E-state index is 3.72. The van der Waals surface area contributed by atoms with E-state index < -0.39 is 0 Å². The Kier molecular flexibility index (Phi) is 5.64. The van der Waals surface area contributed by atoms with Crippen LogP contribution < -0.4 is 5.32 Å². The van der Waals surface area contributed by atoms with Gasteiger partial charge in [0.25, 0.3) is 0 Å². The van der Waals surface area contributed by atoms with Crippen LogP contribution >= 0.6 is 0 Å². The van der Waals surface area contributed by atoms with E-state index in [1.54, 1.807) is 0 Å². The average Bonchev–Trinajstić information content (AvgIpc) is 2.45. The van der Waals surface area contributed by atoms with Gasteiger partial charge in [0.2, 0.25) is 0 Å². The molecule has 108 valence electrons. The predicted molar refractivity (Wildman–Crippen MR) is 85.5 cm³/mol. The smallest absolute Gasteiger partial charge is 0.0607 e. The molecular formula is C18H26N2. The molecule has 0 amide bonds. The van der Waals surface area contributed by atoms with E-state index in [0.717, 1.165) is 25.6 Å². The van der Waals surface area contributed by atoms with Gasteiger partial charge in [-0.3, -0.25) is 4.90 Å². The van der Waals surface area contributed by atoms with Gasteiger partial charge in [-0.15, -0.1) is 5.92 Å². The molecule has 2 heteroatoms. The summed E-state index contributed by atoms with van der Waals surface area (Å²) in [6.07, 6.45) is 1.23. The Morgan fingerprint density at radius 2 is 2.05 bits per heavy atom. The third-order valence-corrected chi connectivity index (χ3v) is 3.89. The summed E-state index contributed by atoms with van der Waals surface area (Å²) in [5, 5.41) is 3.72. The molecule has 1 aliphatic heterocycles. The zero-order chi connectivity index (χ0) is 14.4. The number of nitrogens with one attached hydrogen (secondary N) is 1. The zero-order valence-corrected chi connectivity index (χ0v) is 12.9. The lowest BCUT2D eigenvalue weighted by Gasteiger charge is -2.40. The molecule has 0 aliphatic carbocycles. The number of benzene rings is 1. The van der Waals surface area contributed by atoms with Crippen molar-refractivity contribution in [2.45, 2.75) is 39.3 Å². The van der Waals surface area contributed by atoms with Crippen molar-refractivity contribution >= 4 is 0 Å². The Hall–Kier alpha value is -1.30. The van der Waals surface area contributed by atoms with Gasteiger partial charge in [-0.25, -0.2) is 0 Å². The van der Waals surface area contributed by atoms with Crippen LogP contribution in [0.1, 0.15) is 38.8 Å². The minimum atomic E-state index is 0.445. The fourth-order valence-electron chi connectivity index (χ4n) is 2.97. The highest BCUT2D eigenvalue weighted by Crippen LogP contribution is 2.24. The van der Waals surface area contributed by atoms with E-state index in [9.17, 15) is 0 Å². The Morgan fingerprint density at radius 3 is 2.70 bits per heavy atom. The quantitative estimate of drug-likeness (QED) is 0.846. The molecule has 20 heavy (non-hydrogen) atoms. The molecule has 1 aliphatic rings. The molecule has 0 saturated carbocycles. The minimum absolute atomic E-state index is 0.445. The highest BCUT2D eigenvalue weighted by molar-refractivity contribution is 5.21. The summed E-state index contributed by atoms with van der Waals surface area (Å²) >= 11 is 0. The lowest BCUT2D eigenvalue weighted by Crippen LogP contribution is -2.52. The van der Waals surface area contributed by atoms with Crippen molar-refractivity contribution in [2.24, 2.45) is 5.92 Å². The van der Waals surface area contributed by atoms with Crippen molar-refractivity contribution < 1.29 is 0 Å². The summed E-state index contributed by atoms with van der Waals surface area (Å²) in [5.41, 5.74) is 1.39. The minimum Gasteiger partial charge on any atom is -0.311 e. The van der Waals surface area contributed by atoms with Crippen LogP contribution in [0, 0.1) is 17.8 Å². The van der Waals surface area contributed by atoms with Gasteiger partial charge in [0.1, 0.15) is 0 Å². The Balaban J connectivity index is 2.09. The molecule has 0 spiro atoms. The Labute approximate surface area is 123 Å². The number of hydrogen-bond acceptors (Lipinski definition) is 2. The topological polar surface area (TPSA) is 15.3 Å². The van der Waals surface area contributed by atoms with Gasteiger partial charge in [-0.2, -0.15) is 0 Å². The van der Waals surface area contributed by atoms with E-state index >= 15 is 0 Å². The second-order valence-corrected chi connectivity index (χ2v) is 6.02. The molecule has 0 radical (unpaired) electrons. The van der Waals surface area contributed by atoms with Crippen molar-refractivity contribution in [1.29, 1.82) is 0 Å². The Bertz CT molecular complexity index is 455. The van der Waals surface area contributed by atoms with E-state index in [0.29, 0.717) is 12.1 Å². The van der Waals surface area contributed by atoms with Crippen LogP contribution in [0.3, 0.4) is 0 Å². The van der Waals surface area contributed by atoms with Gasteiger partial charge < -0.3 is 5.32 Å². The molecular weight excluding hydrogens is 244 g/mol. The highest BCUT2D eigenvalue weighted by atomic mass is 15.2. The Morgan fingerprint density at radius 1 is 1.30 bits per heavy atom.